The molecule has 164 valence electrons. The summed E-state index contributed by atoms with van der Waals surface area (Å²) in [5, 5.41) is 21.2. The minimum absolute atomic E-state index is 0.120. The largest absolute Gasteiger partial charge is 0.394 e. The molecule has 4 heterocycles. The summed E-state index contributed by atoms with van der Waals surface area (Å²) in [6, 6.07) is 2.81. The van der Waals surface area contributed by atoms with Gasteiger partial charge in [-0.2, -0.15) is 0 Å². The van der Waals surface area contributed by atoms with Gasteiger partial charge in [-0.25, -0.2) is 9.97 Å². The van der Waals surface area contributed by atoms with E-state index in [0.29, 0.717) is 12.0 Å². The van der Waals surface area contributed by atoms with Gasteiger partial charge in [0.25, 0.3) is 0 Å². The van der Waals surface area contributed by atoms with Gasteiger partial charge in [0.15, 0.2) is 0 Å². The number of aromatic nitrogens is 2. The number of aliphatic hydroxyl groups excluding tert-OH is 2. The highest BCUT2D eigenvalue weighted by Gasteiger charge is 2.44. The van der Waals surface area contributed by atoms with Gasteiger partial charge in [0.2, 0.25) is 5.95 Å². The Balaban J connectivity index is 1.38. The summed E-state index contributed by atoms with van der Waals surface area (Å²) in [6.07, 6.45) is 7.03. The van der Waals surface area contributed by atoms with Crippen molar-refractivity contribution in [3.05, 3.63) is 39.3 Å². The van der Waals surface area contributed by atoms with Crippen LogP contribution < -0.4 is 5.32 Å². The first-order valence-electron chi connectivity index (χ1n) is 10.9. The van der Waals surface area contributed by atoms with Crippen molar-refractivity contribution in [1.82, 2.24) is 14.9 Å². The Kier molecular flexibility index (Phi) is 6.69. The molecule has 3 atom stereocenters. The number of fused-ring (bicyclic) bond motifs is 2. The van der Waals surface area contributed by atoms with E-state index in [4.69, 9.17) is 9.84 Å². The number of hydrogen-bond acceptors (Lipinski definition) is 8. The Morgan fingerprint density at radius 3 is 2.90 bits per heavy atom. The molecule has 1 spiro atoms. The predicted molar refractivity (Wildman–Crippen MR) is 118 cm³/mol. The van der Waals surface area contributed by atoms with Crippen LogP contribution in [-0.4, -0.2) is 63.5 Å². The number of ether oxygens (including phenoxy) is 1. The Morgan fingerprint density at radius 2 is 2.20 bits per heavy atom. The van der Waals surface area contributed by atoms with Crippen LogP contribution in [0.4, 0.5) is 5.95 Å². The maximum absolute atomic E-state index is 9.42. The van der Waals surface area contributed by atoms with E-state index in [2.05, 4.69) is 40.1 Å². The summed E-state index contributed by atoms with van der Waals surface area (Å²) in [7, 11) is 0. The number of thiophene rings is 1. The maximum atomic E-state index is 9.42. The number of anilines is 1. The van der Waals surface area contributed by atoms with Crippen LogP contribution in [0.3, 0.4) is 0 Å². The van der Waals surface area contributed by atoms with Crippen LogP contribution in [0.1, 0.15) is 47.6 Å². The lowest BCUT2D eigenvalue weighted by Crippen LogP contribution is -2.50. The third kappa shape index (κ3) is 4.53. The van der Waals surface area contributed by atoms with Gasteiger partial charge in [0.05, 0.1) is 24.9 Å². The van der Waals surface area contributed by atoms with E-state index >= 15 is 0 Å². The SMILES string of the molecule is CCc1cc2c(s1)CCO[C@@]21CCN(Cc2cnc(NCC(O)CO)nc2)[C@@H](C)C1. The zero-order valence-corrected chi connectivity index (χ0v) is 18.6. The summed E-state index contributed by atoms with van der Waals surface area (Å²) in [4.78, 5) is 14.2. The van der Waals surface area contributed by atoms with Crippen LogP contribution in [0.25, 0.3) is 0 Å². The third-order valence-electron chi connectivity index (χ3n) is 6.26. The Labute approximate surface area is 182 Å². The average molecular weight is 433 g/mol. The molecule has 0 bridgehead atoms. The molecule has 0 radical (unpaired) electrons. The number of piperidine rings is 1. The van der Waals surface area contributed by atoms with Crippen molar-refractivity contribution in [3.8, 4) is 0 Å². The molecular formula is C22H32N4O3S. The van der Waals surface area contributed by atoms with Crippen LogP contribution >= 0.6 is 11.3 Å². The molecule has 2 aliphatic heterocycles. The molecule has 0 amide bonds. The lowest BCUT2D eigenvalue weighted by atomic mass is 9.79. The van der Waals surface area contributed by atoms with E-state index in [0.717, 1.165) is 50.9 Å². The van der Waals surface area contributed by atoms with Crippen molar-refractivity contribution in [1.29, 1.82) is 0 Å². The van der Waals surface area contributed by atoms with Crippen molar-refractivity contribution >= 4 is 17.3 Å². The number of aliphatic hydroxyl groups is 2. The van der Waals surface area contributed by atoms with E-state index in [1.54, 1.807) is 0 Å². The molecule has 2 aromatic heterocycles. The first kappa shape index (κ1) is 21.6. The molecule has 0 aromatic carbocycles. The number of hydrogen-bond donors (Lipinski definition) is 3. The zero-order valence-electron chi connectivity index (χ0n) is 17.8. The van der Waals surface area contributed by atoms with Crippen LogP contribution in [0, 0.1) is 0 Å². The Hall–Kier alpha value is -1.58. The van der Waals surface area contributed by atoms with Gasteiger partial charge in [0.1, 0.15) is 0 Å². The van der Waals surface area contributed by atoms with Crippen LogP contribution in [0.2, 0.25) is 0 Å². The predicted octanol–water partition coefficient (Wildman–Crippen LogP) is 2.32. The summed E-state index contributed by atoms with van der Waals surface area (Å²) in [5.74, 6) is 0.462. The molecule has 2 aliphatic rings. The molecule has 7 nitrogen and oxygen atoms in total. The van der Waals surface area contributed by atoms with E-state index in [1.807, 2.05) is 23.7 Å². The number of nitrogens with zero attached hydrogens (tertiary/aromatic N) is 3. The zero-order chi connectivity index (χ0) is 21.1. The monoisotopic (exact) mass is 432 g/mol. The maximum Gasteiger partial charge on any atom is 0.222 e. The fraction of sp³-hybridized carbons (Fsp3) is 0.636. The van der Waals surface area contributed by atoms with Crippen molar-refractivity contribution in [3.63, 3.8) is 0 Å². The standard InChI is InChI=1S/C22H32N4O3S/c1-3-18-8-19-20(30-18)4-7-29-22(19)5-6-26(15(2)9-22)13-16-10-23-21(24-11-16)25-12-17(28)14-27/h8,10-11,15,17,27-28H,3-7,9,12-14H2,1-2H3,(H,23,24,25)/t15-,17?,22+/m0/s1. The Bertz CT molecular complexity index is 843. The minimum atomic E-state index is -0.811. The van der Waals surface area contributed by atoms with Gasteiger partial charge in [-0.05, 0) is 37.8 Å². The molecule has 8 heteroatoms. The third-order valence-corrected chi connectivity index (χ3v) is 7.59. The smallest absolute Gasteiger partial charge is 0.222 e. The van der Waals surface area contributed by atoms with E-state index < -0.39 is 6.10 Å². The first-order valence-corrected chi connectivity index (χ1v) is 11.7. The molecule has 1 saturated heterocycles. The second-order valence-electron chi connectivity index (χ2n) is 8.40. The van der Waals surface area contributed by atoms with Crippen molar-refractivity contribution < 1.29 is 14.9 Å². The van der Waals surface area contributed by atoms with E-state index in [-0.39, 0.29) is 18.8 Å². The number of likely N-dealkylation sites (tertiary alicyclic amines) is 1. The van der Waals surface area contributed by atoms with Crippen molar-refractivity contribution in [2.75, 3.05) is 31.6 Å². The van der Waals surface area contributed by atoms with E-state index in [1.165, 1.54) is 15.3 Å². The summed E-state index contributed by atoms with van der Waals surface area (Å²) < 4.78 is 6.44. The highest BCUT2D eigenvalue weighted by molar-refractivity contribution is 7.12. The second kappa shape index (κ2) is 9.28. The lowest BCUT2D eigenvalue weighted by Gasteiger charge is -2.47. The normalized spacial score (nSPS) is 25.3. The molecule has 4 rings (SSSR count). The minimum Gasteiger partial charge on any atom is -0.394 e. The second-order valence-corrected chi connectivity index (χ2v) is 9.62. The highest BCUT2D eigenvalue weighted by Crippen LogP contribution is 2.46. The van der Waals surface area contributed by atoms with Gasteiger partial charge in [-0.1, -0.05) is 6.92 Å². The molecule has 3 N–H and O–H groups in total. The topological polar surface area (TPSA) is 90.7 Å². The lowest BCUT2D eigenvalue weighted by molar-refractivity contribution is -0.112. The van der Waals surface area contributed by atoms with Crippen molar-refractivity contribution in [2.24, 2.45) is 0 Å². The first-order chi connectivity index (χ1) is 14.5. The van der Waals surface area contributed by atoms with E-state index in [9.17, 15) is 5.11 Å². The molecule has 30 heavy (non-hydrogen) atoms. The fourth-order valence-electron chi connectivity index (χ4n) is 4.55. The van der Waals surface area contributed by atoms with Crippen LogP contribution in [0.15, 0.2) is 18.5 Å². The number of rotatable bonds is 7. The van der Waals surface area contributed by atoms with Gasteiger partial charge in [-0.3, -0.25) is 4.90 Å². The molecule has 0 aliphatic carbocycles. The summed E-state index contributed by atoms with van der Waals surface area (Å²) in [6.45, 7) is 7.10. The Morgan fingerprint density at radius 1 is 1.40 bits per heavy atom. The molecule has 1 unspecified atom stereocenters. The highest BCUT2D eigenvalue weighted by atomic mass is 32.1. The fourth-order valence-corrected chi connectivity index (χ4v) is 5.72. The number of nitrogens with one attached hydrogen (secondary N) is 1. The molecule has 2 aromatic rings. The molecular weight excluding hydrogens is 400 g/mol. The van der Waals surface area contributed by atoms with Gasteiger partial charge < -0.3 is 20.3 Å². The van der Waals surface area contributed by atoms with Gasteiger partial charge in [-0.15, -0.1) is 11.3 Å². The van der Waals surface area contributed by atoms with Crippen LogP contribution in [0.5, 0.6) is 0 Å². The molecule has 0 saturated carbocycles. The van der Waals surface area contributed by atoms with Crippen LogP contribution in [-0.2, 0) is 29.7 Å². The quantitative estimate of drug-likeness (QED) is 0.618. The average Bonchev–Trinajstić information content (AvgIpc) is 3.20. The molecule has 1 fully saturated rings. The van der Waals surface area contributed by atoms with Crippen molar-refractivity contribution in [2.45, 2.75) is 63.8 Å². The van der Waals surface area contributed by atoms with Gasteiger partial charge in [0, 0.05) is 59.8 Å². The van der Waals surface area contributed by atoms with Gasteiger partial charge >= 0.3 is 0 Å². The summed E-state index contributed by atoms with van der Waals surface area (Å²) in [5.41, 5.74) is 2.40. The number of aryl methyl sites for hydroxylation is 1. The summed E-state index contributed by atoms with van der Waals surface area (Å²) >= 11 is 1.97.